The number of fused-ring (bicyclic) bond motifs is 1. The molecular weight excluding hydrogens is 597 g/mol. The fraction of sp³-hybridized carbons (Fsp3) is 0. The molecule has 37 heavy (non-hydrogen) atoms. The highest BCUT2D eigenvalue weighted by molar-refractivity contribution is 9.10. The molecule has 184 valence electrons. The second kappa shape index (κ2) is 10.9. The van der Waals surface area contributed by atoms with E-state index in [0.29, 0.717) is 49.8 Å². The van der Waals surface area contributed by atoms with Gasteiger partial charge in [0.05, 0.1) is 10.0 Å². The molecule has 0 saturated heterocycles. The van der Waals surface area contributed by atoms with Crippen LogP contribution in [0.25, 0.3) is 40.0 Å². The van der Waals surface area contributed by atoms with E-state index in [9.17, 15) is 4.79 Å². The first-order valence-electron chi connectivity index (χ1n) is 10.9. The standard InChI is InChI=1S/C27H16BrCl2N3O3S/c28-16-6-4-15(5-7-16)26-32-21-14-17(8-11-23(21)36-26)31-27(37)33-24(34)13-10-18-9-12-22(35-18)19-2-1-3-20(29)25(19)30/h1-14H,(H2,31,33,34,37). The minimum atomic E-state index is -0.420. The number of aromatic nitrogens is 1. The molecule has 2 aromatic heterocycles. The maximum atomic E-state index is 12.4. The van der Waals surface area contributed by atoms with Crippen LogP contribution in [-0.2, 0) is 4.79 Å². The van der Waals surface area contributed by atoms with Gasteiger partial charge in [-0.15, -0.1) is 0 Å². The van der Waals surface area contributed by atoms with E-state index in [2.05, 4.69) is 31.5 Å². The summed E-state index contributed by atoms with van der Waals surface area (Å²) in [5.74, 6) is 1.10. The van der Waals surface area contributed by atoms with Crippen LogP contribution in [0.2, 0.25) is 10.0 Å². The van der Waals surface area contributed by atoms with E-state index in [1.807, 2.05) is 24.3 Å². The summed E-state index contributed by atoms with van der Waals surface area (Å²) in [4.78, 5) is 16.9. The Morgan fingerprint density at radius 2 is 1.81 bits per heavy atom. The Kier molecular flexibility index (Phi) is 7.43. The van der Waals surface area contributed by atoms with Gasteiger partial charge in [-0.05, 0) is 85.0 Å². The van der Waals surface area contributed by atoms with Gasteiger partial charge < -0.3 is 14.2 Å². The Balaban J connectivity index is 1.21. The molecule has 0 spiro atoms. The van der Waals surface area contributed by atoms with Gasteiger partial charge in [-0.1, -0.05) is 45.2 Å². The van der Waals surface area contributed by atoms with Crippen LogP contribution >= 0.6 is 51.3 Å². The van der Waals surface area contributed by atoms with Crippen molar-refractivity contribution in [3.63, 3.8) is 0 Å². The molecule has 0 radical (unpaired) electrons. The molecule has 2 heterocycles. The van der Waals surface area contributed by atoms with Gasteiger partial charge in [0, 0.05) is 27.4 Å². The molecule has 5 rings (SSSR count). The smallest absolute Gasteiger partial charge is 0.250 e. The van der Waals surface area contributed by atoms with Gasteiger partial charge in [-0.3, -0.25) is 10.1 Å². The van der Waals surface area contributed by atoms with Crippen molar-refractivity contribution >= 4 is 85.2 Å². The monoisotopic (exact) mass is 611 g/mol. The average molecular weight is 613 g/mol. The van der Waals surface area contributed by atoms with E-state index in [1.54, 1.807) is 48.5 Å². The average Bonchev–Trinajstić information content (AvgIpc) is 3.52. The van der Waals surface area contributed by atoms with Crippen molar-refractivity contribution in [2.24, 2.45) is 0 Å². The van der Waals surface area contributed by atoms with Crippen LogP contribution in [0.5, 0.6) is 0 Å². The lowest BCUT2D eigenvalue weighted by Gasteiger charge is -2.07. The summed E-state index contributed by atoms with van der Waals surface area (Å²) < 4.78 is 12.6. The number of amides is 1. The predicted molar refractivity (Wildman–Crippen MR) is 155 cm³/mol. The number of benzene rings is 3. The second-order valence-electron chi connectivity index (χ2n) is 7.79. The Morgan fingerprint density at radius 1 is 1.00 bits per heavy atom. The molecular formula is C27H16BrCl2N3O3S. The molecule has 0 atom stereocenters. The third-order valence-corrected chi connectivity index (χ3v) is 6.77. The van der Waals surface area contributed by atoms with Gasteiger partial charge in [0.1, 0.15) is 17.0 Å². The number of rotatable bonds is 5. The van der Waals surface area contributed by atoms with E-state index < -0.39 is 5.91 Å². The van der Waals surface area contributed by atoms with Crippen molar-refractivity contribution < 1.29 is 13.6 Å². The second-order valence-corrected chi connectivity index (χ2v) is 9.90. The number of furan rings is 1. The van der Waals surface area contributed by atoms with Crippen molar-refractivity contribution in [1.29, 1.82) is 0 Å². The van der Waals surface area contributed by atoms with Crippen molar-refractivity contribution in [2.45, 2.75) is 0 Å². The Hall–Kier alpha value is -3.43. The van der Waals surface area contributed by atoms with Gasteiger partial charge in [-0.2, -0.15) is 0 Å². The minimum absolute atomic E-state index is 0.136. The minimum Gasteiger partial charge on any atom is -0.457 e. The third kappa shape index (κ3) is 5.94. The van der Waals surface area contributed by atoms with Crippen LogP contribution in [0.4, 0.5) is 5.69 Å². The number of thiocarbonyl (C=S) groups is 1. The number of hydrogen-bond donors (Lipinski definition) is 2. The molecule has 0 aliphatic heterocycles. The van der Waals surface area contributed by atoms with E-state index >= 15 is 0 Å². The maximum absolute atomic E-state index is 12.4. The van der Waals surface area contributed by atoms with E-state index in [0.717, 1.165) is 10.0 Å². The van der Waals surface area contributed by atoms with Crippen LogP contribution in [-0.4, -0.2) is 16.0 Å². The number of nitrogens with one attached hydrogen (secondary N) is 2. The number of carbonyl (C=O) groups excluding carboxylic acids is 1. The first-order valence-corrected chi connectivity index (χ1v) is 12.8. The SMILES string of the molecule is O=C(C=Cc1ccc(-c2cccc(Cl)c2Cl)o1)NC(=S)Nc1ccc2oc(-c3ccc(Br)cc3)nc2c1. The van der Waals surface area contributed by atoms with Crippen molar-refractivity contribution in [3.05, 3.63) is 99.2 Å². The highest BCUT2D eigenvalue weighted by atomic mass is 79.9. The molecule has 2 N–H and O–H groups in total. The number of nitrogens with zero attached hydrogens (tertiary/aromatic N) is 1. The van der Waals surface area contributed by atoms with Crippen molar-refractivity contribution in [2.75, 3.05) is 5.32 Å². The molecule has 0 aliphatic carbocycles. The first-order chi connectivity index (χ1) is 17.9. The Labute approximate surface area is 235 Å². The summed E-state index contributed by atoms with van der Waals surface area (Å²) in [6.07, 6.45) is 2.85. The number of anilines is 1. The zero-order valence-electron chi connectivity index (χ0n) is 18.8. The third-order valence-electron chi connectivity index (χ3n) is 5.22. The number of oxazole rings is 1. The van der Waals surface area contributed by atoms with Gasteiger partial charge in [0.15, 0.2) is 10.7 Å². The van der Waals surface area contributed by atoms with E-state index in [1.165, 1.54) is 12.2 Å². The van der Waals surface area contributed by atoms with E-state index in [4.69, 9.17) is 44.3 Å². The highest BCUT2D eigenvalue weighted by Crippen LogP contribution is 2.34. The lowest BCUT2D eigenvalue weighted by atomic mass is 10.2. The molecule has 0 fully saturated rings. The molecule has 0 bridgehead atoms. The largest absolute Gasteiger partial charge is 0.457 e. The molecule has 3 aromatic carbocycles. The van der Waals surface area contributed by atoms with Crippen LogP contribution in [0.15, 0.2) is 92.2 Å². The van der Waals surface area contributed by atoms with Crippen LogP contribution in [0, 0.1) is 0 Å². The summed E-state index contributed by atoms with van der Waals surface area (Å²) in [5.41, 5.74) is 3.48. The van der Waals surface area contributed by atoms with Gasteiger partial charge in [0.2, 0.25) is 11.8 Å². The van der Waals surface area contributed by atoms with Gasteiger partial charge in [0.25, 0.3) is 0 Å². The van der Waals surface area contributed by atoms with Gasteiger partial charge >= 0.3 is 0 Å². The highest BCUT2D eigenvalue weighted by Gasteiger charge is 2.12. The molecule has 10 heteroatoms. The summed E-state index contributed by atoms with van der Waals surface area (Å²) >= 11 is 21.0. The van der Waals surface area contributed by atoms with Crippen LogP contribution < -0.4 is 10.6 Å². The molecule has 1 amide bonds. The fourth-order valence-electron chi connectivity index (χ4n) is 3.48. The zero-order chi connectivity index (χ0) is 25.9. The van der Waals surface area contributed by atoms with E-state index in [-0.39, 0.29) is 5.11 Å². The molecule has 0 saturated carbocycles. The molecule has 5 aromatic rings. The van der Waals surface area contributed by atoms with Crippen LogP contribution in [0.1, 0.15) is 5.76 Å². The van der Waals surface area contributed by atoms with Crippen LogP contribution in [0.3, 0.4) is 0 Å². The topological polar surface area (TPSA) is 80.3 Å². The zero-order valence-corrected chi connectivity index (χ0v) is 22.7. The number of carbonyl (C=O) groups is 1. The molecule has 0 unspecified atom stereocenters. The summed E-state index contributed by atoms with van der Waals surface area (Å²) in [6.45, 7) is 0. The predicted octanol–water partition coefficient (Wildman–Crippen LogP) is 8.35. The fourth-order valence-corrected chi connectivity index (χ4v) is 4.35. The summed E-state index contributed by atoms with van der Waals surface area (Å²) in [5, 5.41) is 6.55. The first kappa shape index (κ1) is 25.2. The van der Waals surface area contributed by atoms with Crippen molar-refractivity contribution in [1.82, 2.24) is 10.3 Å². The lowest BCUT2D eigenvalue weighted by Crippen LogP contribution is -2.32. The number of hydrogen-bond acceptors (Lipinski definition) is 5. The van der Waals surface area contributed by atoms with Crippen molar-refractivity contribution in [3.8, 4) is 22.8 Å². The van der Waals surface area contributed by atoms with Gasteiger partial charge in [-0.25, -0.2) is 4.98 Å². The Bertz CT molecular complexity index is 1660. The summed E-state index contributed by atoms with van der Waals surface area (Å²) in [7, 11) is 0. The number of halogens is 3. The summed E-state index contributed by atoms with van der Waals surface area (Å²) in [6, 6.07) is 21.8. The lowest BCUT2D eigenvalue weighted by molar-refractivity contribution is -0.115. The maximum Gasteiger partial charge on any atom is 0.250 e. The Morgan fingerprint density at radius 3 is 2.62 bits per heavy atom. The normalized spacial score (nSPS) is 11.2. The molecule has 0 aliphatic rings. The molecule has 6 nitrogen and oxygen atoms in total. The quantitative estimate of drug-likeness (QED) is 0.153.